The van der Waals surface area contributed by atoms with Crippen LogP contribution in [0, 0.1) is 25.2 Å². The van der Waals surface area contributed by atoms with Crippen molar-refractivity contribution in [1.29, 1.82) is 5.26 Å². The van der Waals surface area contributed by atoms with Crippen molar-refractivity contribution in [3.8, 4) is 17.6 Å². The SMILES string of the molecule is CC.Cc1cc(C#N)cc(C)c1OC(=O)COc1ccc(Cl)cc1Cl. The predicted molar refractivity (Wildman–Crippen MR) is 99.6 cm³/mol. The van der Waals surface area contributed by atoms with E-state index in [1.165, 1.54) is 6.07 Å². The Balaban J connectivity index is 0.00000151. The molecule has 2 aromatic rings. The fraction of sp³-hybridized carbons (Fsp3) is 0.263. The summed E-state index contributed by atoms with van der Waals surface area (Å²) >= 11 is 11.8. The lowest BCUT2D eigenvalue weighted by atomic mass is 10.1. The van der Waals surface area contributed by atoms with Crippen molar-refractivity contribution in [3.63, 3.8) is 0 Å². The van der Waals surface area contributed by atoms with Gasteiger partial charge in [-0.1, -0.05) is 37.0 Å². The molecule has 0 aliphatic heterocycles. The van der Waals surface area contributed by atoms with E-state index in [1.807, 2.05) is 13.8 Å². The Labute approximate surface area is 157 Å². The molecule has 0 fully saturated rings. The van der Waals surface area contributed by atoms with Crippen LogP contribution in [0.3, 0.4) is 0 Å². The second-order valence-electron chi connectivity index (χ2n) is 4.89. The number of hydrogen-bond donors (Lipinski definition) is 0. The van der Waals surface area contributed by atoms with E-state index in [0.717, 1.165) is 0 Å². The van der Waals surface area contributed by atoms with Gasteiger partial charge in [-0.15, -0.1) is 0 Å². The molecule has 0 saturated carbocycles. The largest absolute Gasteiger partial charge is 0.480 e. The van der Waals surface area contributed by atoms with Gasteiger partial charge in [-0.3, -0.25) is 0 Å². The molecule has 0 aliphatic rings. The summed E-state index contributed by atoms with van der Waals surface area (Å²) in [5.41, 5.74) is 1.93. The maximum atomic E-state index is 11.9. The molecule has 0 spiro atoms. The summed E-state index contributed by atoms with van der Waals surface area (Å²) in [6, 6.07) is 10.1. The molecule has 0 N–H and O–H groups in total. The Morgan fingerprint density at radius 2 is 1.72 bits per heavy atom. The van der Waals surface area contributed by atoms with Gasteiger partial charge in [0, 0.05) is 5.02 Å². The quantitative estimate of drug-likeness (QED) is 0.520. The Bertz CT molecular complexity index is 775. The third-order valence-electron chi connectivity index (χ3n) is 3.04. The molecule has 0 radical (unpaired) electrons. The zero-order valence-electron chi connectivity index (χ0n) is 14.5. The highest BCUT2D eigenvalue weighted by Crippen LogP contribution is 2.28. The molecule has 0 aliphatic carbocycles. The standard InChI is InChI=1S/C17H13Cl2NO3.C2H6/c1-10-5-12(8-20)6-11(2)17(10)23-16(21)9-22-15-4-3-13(18)7-14(15)19;1-2/h3-7H,9H2,1-2H3;1-2H3. The van der Waals surface area contributed by atoms with E-state index in [0.29, 0.717) is 38.2 Å². The number of nitriles is 1. The third-order valence-corrected chi connectivity index (χ3v) is 3.58. The van der Waals surface area contributed by atoms with Gasteiger partial charge in [0.15, 0.2) is 6.61 Å². The van der Waals surface area contributed by atoms with Gasteiger partial charge in [0.05, 0.1) is 16.7 Å². The molecule has 0 aromatic heterocycles. The Morgan fingerprint density at radius 3 is 2.24 bits per heavy atom. The topological polar surface area (TPSA) is 59.3 Å². The van der Waals surface area contributed by atoms with Crippen LogP contribution in [-0.2, 0) is 4.79 Å². The highest BCUT2D eigenvalue weighted by Gasteiger charge is 2.13. The van der Waals surface area contributed by atoms with E-state index in [9.17, 15) is 4.79 Å². The van der Waals surface area contributed by atoms with Crippen molar-refractivity contribution in [2.75, 3.05) is 6.61 Å². The van der Waals surface area contributed by atoms with Crippen molar-refractivity contribution in [3.05, 3.63) is 57.1 Å². The smallest absolute Gasteiger partial charge is 0.349 e. The van der Waals surface area contributed by atoms with Crippen molar-refractivity contribution >= 4 is 29.2 Å². The minimum Gasteiger partial charge on any atom is -0.480 e. The summed E-state index contributed by atoms with van der Waals surface area (Å²) in [5, 5.41) is 9.71. The van der Waals surface area contributed by atoms with Gasteiger partial charge < -0.3 is 9.47 Å². The summed E-state index contributed by atoms with van der Waals surface area (Å²) in [4.78, 5) is 11.9. The molecule has 6 heteroatoms. The van der Waals surface area contributed by atoms with Crippen LogP contribution in [0.1, 0.15) is 30.5 Å². The van der Waals surface area contributed by atoms with Crippen LogP contribution < -0.4 is 9.47 Å². The van der Waals surface area contributed by atoms with Crippen LogP contribution >= 0.6 is 23.2 Å². The lowest BCUT2D eigenvalue weighted by molar-refractivity contribution is -0.136. The Hall–Kier alpha value is -2.22. The zero-order valence-corrected chi connectivity index (χ0v) is 16.0. The fourth-order valence-corrected chi connectivity index (χ4v) is 2.51. The second-order valence-corrected chi connectivity index (χ2v) is 5.73. The average molecular weight is 380 g/mol. The minimum atomic E-state index is -0.563. The van der Waals surface area contributed by atoms with Gasteiger partial charge in [-0.25, -0.2) is 4.79 Å². The van der Waals surface area contributed by atoms with E-state index < -0.39 is 5.97 Å². The van der Waals surface area contributed by atoms with Gasteiger partial charge in [-0.2, -0.15) is 5.26 Å². The molecular formula is C19H19Cl2NO3. The number of carbonyl (C=O) groups excluding carboxylic acids is 1. The molecule has 2 rings (SSSR count). The van der Waals surface area contributed by atoms with Gasteiger partial charge in [0.1, 0.15) is 11.5 Å². The van der Waals surface area contributed by atoms with E-state index in [-0.39, 0.29) is 6.61 Å². The average Bonchev–Trinajstić information content (AvgIpc) is 2.59. The van der Waals surface area contributed by atoms with Gasteiger partial charge >= 0.3 is 5.97 Å². The van der Waals surface area contributed by atoms with Gasteiger partial charge in [-0.05, 0) is 55.3 Å². The fourth-order valence-electron chi connectivity index (χ4n) is 2.05. The summed E-state index contributed by atoms with van der Waals surface area (Å²) in [6.07, 6.45) is 0. The molecule has 4 nitrogen and oxygen atoms in total. The lowest BCUT2D eigenvalue weighted by Gasteiger charge is -2.12. The summed E-state index contributed by atoms with van der Waals surface area (Å²) in [7, 11) is 0. The monoisotopic (exact) mass is 379 g/mol. The number of rotatable bonds is 4. The first-order chi connectivity index (χ1) is 11.9. The number of benzene rings is 2. The van der Waals surface area contributed by atoms with Crippen LogP contribution in [-0.4, -0.2) is 12.6 Å². The number of esters is 1. The van der Waals surface area contributed by atoms with Crippen LogP contribution in [0.5, 0.6) is 11.5 Å². The molecule has 132 valence electrons. The third kappa shape index (κ3) is 5.97. The van der Waals surface area contributed by atoms with Crippen LogP contribution in [0.4, 0.5) is 0 Å². The van der Waals surface area contributed by atoms with E-state index in [2.05, 4.69) is 6.07 Å². The molecular weight excluding hydrogens is 361 g/mol. The number of carbonyl (C=O) groups is 1. The molecule has 0 unspecified atom stereocenters. The molecule has 2 aromatic carbocycles. The lowest BCUT2D eigenvalue weighted by Crippen LogP contribution is -2.18. The maximum absolute atomic E-state index is 11.9. The molecule has 0 amide bonds. The number of hydrogen-bond acceptors (Lipinski definition) is 4. The Morgan fingerprint density at radius 1 is 1.12 bits per heavy atom. The van der Waals surface area contributed by atoms with Crippen LogP contribution in [0.25, 0.3) is 0 Å². The van der Waals surface area contributed by atoms with Crippen molar-refractivity contribution < 1.29 is 14.3 Å². The normalized spacial score (nSPS) is 9.48. The van der Waals surface area contributed by atoms with E-state index in [1.54, 1.807) is 38.1 Å². The first kappa shape index (κ1) is 20.8. The van der Waals surface area contributed by atoms with Crippen LogP contribution in [0.15, 0.2) is 30.3 Å². The maximum Gasteiger partial charge on any atom is 0.349 e. The first-order valence-corrected chi connectivity index (χ1v) is 8.46. The number of ether oxygens (including phenoxy) is 2. The number of halogens is 2. The van der Waals surface area contributed by atoms with Gasteiger partial charge in [0.2, 0.25) is 0 Å². The van der Waals surface area contributed by atoms with Crippen molar-refractivity contribution in [1.82, 2.24) is 0 Å². The molecule has 0 bridgehead atoms. The van der Waals surface area contributed by atoms with Gasteiger partial charge in [0.25, 0.3) is 0 Å². The summed E-state index contributed by atoms with van der Waals surface area (Å²) < 4.78 is 10.7. The highest BCUT2D eigenvalue weighted by molar-refractivity contribution is 6.35. The number of aryl methyl sites for hydroxylation is 2. The first-order valence-electron chi connectivity index (χ1n) is 7.70. The summed E-state index contributed by atoms with van der Waals surface area (Å²) in [6.45, 7) is 7.25. The zero-order chi connectivity index (χ0) is 19.0. The summed E-state index contributed by atoms with van der Waals surface area (Å²) in [5.74, 6) is 0.216. The number of nitrogens with zero attached hydrogens (tertiary/aromatic N) is 1. The van der Waals surface area contributed by atoms with Crippen LogP contribution in [0.2, 0.25) is 10.0 Å². The van der Waals surface area contributed by atoms with E-state index in [4.69, 9.17) is 37.9 Å². The molecule has 0 saturated heterocycles. The van der Waals surface area contributed by atoms with Crippen molar-refractivity contribution in [2.45, 2.75) is 27.7 Å². The molecule has 0 atom stereocenters. The second kappa shape index (κ2) is 9.93. The molecule has 0 heterocycles. The Kier molecular flexibility index (Phi) is 8.27. The predicted octanol–water partition coefficient (Wildman–Crippen LogP) is 5.49. The molecule has 25 heavy (non-hydrogen) atoms. The van der Waals surface area contributed by atoms with Crippen molar-refractivity contribution in [2.24, 2.45) is 0 Å². The minimum absolute atomic E-state index is 0.291. The van der Waals surface area contributed by atoms with E-state index >= 15 is 0 Å². The highest BCUT2D eigenvalue weighted by atomic mass is 35.5.